The van der Waals surface area contributed by atoms with E-state index in [1.165, 1.54) is 229 Å². The standard InChI is InChI=1S/C42H90O3Si3/c1-7-13-19-25-31-37-46(38-32-26-20-14-8-2)43-47(39-33-27-21-15-9-3,40-34-28-22-16-10-4)45-48(44-46,41-35-29-23-17-11-5)42-36-30-24-18-12-6/h7-42H2,1-6H3. The lowest BCUT2D eigenvalue weighted by molar-refractivity contribution is 0.201. The second-order valence-corrected chi connectivity index (χ2v) is 26.9. The van der Waals surface area contributed by atoms with Gasteiger partial charge < -0.3 is 12.3 Å². The normalized spacial score (nSPS) is 16.9. The smallest absolute Gasteiger partial charge is 0.320 e. The van der Waals surface area contributed by atoms with E-state index in [0.717, 1.165) is 0 Å². The molecule has 1 heterocycles. The zero-order valence-corrected chi connectivity index (χ0v) is 37.2. The molecule has 1 rings (SSSR count). The van der Waals surface area contributed by atoms with Crippen molar-refractivity contribution >= 4 is 25.7 Å². The third kappa shape index (κ3) is 21.8. The van der Waals surface area contributed by atoms with Gasteiger partial charge in [0.15, 0.2) is 0 Å². The predicted molar refractivity (Wildman–Crippen MR) is 222 cm³/mol. The Kier molecular flexibility index (Phi) is 30.2. The van der Waals surface area contributed by atoms with Crippen LogP contribution in [-0.2, 0) is 12.3 Å². The van der Waals surface area contributed by atoms with Gasteiger partial charge in [-0.25, -0.2) is 0 Å². The van der Waals surface area contributed by atoms with E-state index < -0.39 is 25.7 Å². The molecule has 0 aliphatic carbocycles. The molecule has 0 spiro atoms. The molecule has 6 heteroatoms. The van der Waals surface area contributed by atoms with Gasteiger partial charge in [0.25, 0.3) is 0 Å². The number of unbranched alkanes of at least 4 members (excludes halogenated alkanes) is 24. The molecule has 1 aliphatic heterocycles. The van der Waals surface area contributed by atoms with Crippen LogP contribution in [0, 0.1) is 0 Å². The molecule has 0 radical (unpaired) electrons. The first-order valence-electron chi connectivity index (χ1n) is 22.6. The van der Waals surface area contributed by atoms with Gasteiger partial charge in [-0.3, -0.25) is 0 Å². The number of hydrogen-bond donors (Lipinski definition) is 0. The maximum Gasteiger partial charge on any atom is 0.320 e. The first-order valence-corrected chi connectivity index (χ1v) is 29.3. The Morgan fingerprint density at radius 2 is 0.354 bits per heavy atom. The van der Waals surface area contributed by atoms with E-state index in [0.29, 0.717) is 0 Å². The Morgan fingerprint density at radius 3 is 0.500 bits per heavy atom. The average molecular weight is 727 g/mol. The second-order valence-electron chi connectivity index (χ2n) is 16.0. The molecule has 1 aliphatic rings. The molecule has 0 aromatic carbocycles. The van der Waals surface area contributed by atoms with Crippen LogP contribution in [0.5, 0.6) is 0 Å². The van der Waals surface area contributed by atoms with Crippen molar-refractivity contribution in [2.24, 2.45) is 0 Å². The van der Waals surface area contributed by atoms with Crippen molar-refractivity contribution in [3.05, 3.63) is 0 Å². The van der Waals surface area contributed by atoms with Gasteiger partial charge in [0.2, 0.25) is 0 Å². The quantitative estimate of drug-likeness (QED) is 0.0475. The fourth-order valence-electron chi connectivity index (χ4n) is 8.05. The Hall–Kier alpha value is 0.531. The van der Waals surface area contributed by atoms with E-state index in [1.807, 2.05) is 0 Å². The van der Waals surface area contributed by atoms with Crippen molar-refractivity contribution in [2.45, 2.75) is 270 Å². The zero-order chi connectivity index (χ0) is 35.1. The van der Waals surface area contributed by atoms with Crippen LogP contribution in [0.2, 0.25) is 36.3 Å². The average Bonchev–Trinajstić information content (AvgIpc) is 3.08. The van der Waals surface area contributed by atoms with Crippen LogP contribution in [0.4, 0.5) is 0 Å². The molecular weight excluding hydrogens is 637 g/mol. The summed E-state index contributed by atoms with van der Waals surface area (Å²) in [5.41, 5.74) is 0. The Balaban J connectivity index is 3.51. The summed E-state index contributed by atoms with van der Waals surface area (Å²) in [6.07, 6.45) is 40.5. The second kappa shape index (κ2) is 31.1. The van der Waals surface area contributed by atoms with Gasteiger partial charge in [-0.15, -0.1) is 0 Å². The molecule has 288 valence electrons. The summed E-state index contributed by atoms with van der Waals surface area (Å²) in [7, 11) is -7.13. The van der Waals surface area contributed by atoms with Crippen LogP contribution in [0.25, 0.3) is 0 Å². The monoisotopic (exact) mass is 727 g/mol. The third-order valence-electron chi connectivity index (χ3n) is 11.1. The lowest BCUT2D eigenvalue weighted by Crippen LogP contribution is -2.70. The first kappa shape index (κ1) is 46.6. The summed E-state index contributed by atoms with van der Waals surface area (Å²) < 4.78 is 23.7. The van der Waals surface area contributed by atoms with Crippen molar-refractivity contribution in [2.75, 3.05) is 0 Å². The molecule has 0 saturated carbocycles. The molecule has 0 bridgehead atoms. The highest BCUT2D eigenvalue weighted by atomic mass is 28.5. The lowest BCUT2D eigenvalue weighted by Gasteiger charge is -2.54. The molecule has 0 atom stereocenters. The van der Waals surface area contributed by atoms with Crippen molar-refractivity contribution in [1.29, 1.82) is 0 Å². The molecule has 0 aromatic rings. The Bertz CT molecular complexity index is 547. The van der Waals surface area contributed by atoms with E-state index in [2.05, 4.69) is 41.5 Å². The summed E-state index contributed by atoms with van der Waals surface area (Å²) in [5, 5.41) is 0. The van der Waals surface area contributed by atoms with Crippen LogP contribution in [0.1, 0.15) is 234 Å². The van der Waals surface area contributed by atoms with Gasteiger partial charge in [-0.05, 0) is 36.3 Å². The minimum atomic E-state index is -2.38. The summed E-state index contributed by atoms with van der Waals surface area (Å²) in [6, 6.07) is 7.47. The van der Waals surface area contributed by atoms with Crippen LogP contribution in [-0.4, -0.2) is 25.7 Å². The van der Waals surface area contributed by atoms with Crippen molar-refractivity contribution in [3.8, 4) is 0 Å². The molecular formula is C42H90O3Si3. The fourth-order valence-corrected chi connectivity index (χ4v) is 28.2. The van der Waals surface area contributed by atoms with Gasteiger partial charge in [0.05, 0.1) is 0 Å². The van der Waals surface area contributed by atoms with Gasteiger partial charge in [0.1, 0.15) is 0 Å². The van der Waals surface area contributed by atoms with Crippen LogP contribution < -0.4 is 0 Å². The van der Waals surface area contributed by atoms with E-state index in [1.54, 1.807) is 0 Å². The maximum absolute atomic E-state index is 7.90. The van der Waals surface area contributed by atoms with E-state index in [9.17, 15) is 0 Å². The van der Waals surface area contributed by atoms with Gasteiger partial charge >= 0.3 is 25.7 Å². The van der Waals surface area contributed by atoms with Crippen molar-refractivity contribution in [3.63, 3.8) is 0 Å². The fraction of sp³-hybridized carbons (Fsp3) is 1.00. The molecule has 0 aromatic heterocycles. The number of hydrogen-bond acceptors (Lipinski definition) is 3. The van der Waals surface area contributed by atoms with Crippen molar-refractivity contribution in [1.82, 2.24) is 0 Å². The summed E-state index contributed by atoms with van der Waals surface area (Å²) in [4.78, 5) is 0. The summed E-state index contributed by atoms with van der Waals surface area (Å²) >= 11 is 0. The van der Waals surface area contributed by atoms with Gasteiger partial charge in [0, 0.05) is 0 Å². The zero-order valence-electron chi connectivity index (χ0n) is 34.2. The Morgan fingerprint density at radius 1 is 0.208 bits per heavy atom. The minimum Gasteiger partial charge on any atom is -0.415 e. The predicted octanol–water partition coefficient (Wildman–Crippen LogP) is 16.2. The first-order chi connectivity index (χ1) is 23.5. The summed E-state index contributed by atoms with van der Waals surface area (Å²) in [5.74, 6) is 0. The van der Waals surface area contributed by atoms with E-state index in [4.69, 9.17) is 12.3 Å². The van der Waals surface area contributed by atoms with Crippen LogP contribution in [0.3, 0.4) is 0 Å². The number of rotatable bonds is 36. The molecule has 1 saturated heterocycles. The van der Waals surface area contributed by atoms with Crippen LogP contribution >= 0.6 is 0 Å². The molecule has 48 heavy (non-hydrogen) atoms. The minimum absolute atomic E-state index is 1.24. The van der Waals surface area contributed by atoms with Crippen LogP contribution in [0.15, 0.2) is 0 Å². The highest BCUT2D eigenvalue weighted by Crippen LogP contribution is 2.46. The molecule has 0 N–H and O–H groups in total. The Labute approximate surface area is 307 Å². The molecule has 0 unspecified atom stereocenters. The lowest BCUT2D eigenvalue weighted by atomic mass is 10.2. The van der Waals surface area contributed by atoms with E-state index in [-0.39, 0.29) is 0 Å². The van der Waals surface area contributed by atoms with Crippen molar-refractivity contribution < 1.29 is 12.3 Å². The van der Waals surface area contributed by atoms with E-state index >= 15 is 0 Å². The molecule has 3 nitrogen and oxygen atoms in total. The molecule has 0 amide bonds. The maximum atomic E-state index is 7.90. The highest BCUT2D eigenvalue weighted by Gasteiger charge is 2.60. The van der Waals surface area contributed by atoms with Gasteiger partial charge in [-0.2, -0.15) is 0 Å². The topological polar surface area (TPSA) is 27.7 Å². The van der Waals surface area contributed by atoms with Gasteiger partial charge in [-0.1, -0.05) is 234 Å². The highest BCUT2D eigenvalue weighted by molar-refractivity contribution is 6.94. The summed E-state index contributed by atoms with van der Waals surface area (Å²) in [6.45, 7) is 14.1. The molecule has 1 fully saturated rings. The largest absolute Gasteiger partial charge is 0.415 e. The third-order valence-corrected chi connectivity index (χ3v) is 26.7. The SMILES string of the molecule is CCCCCCC[Si]1(CCCCCCC)O[Si](CCCCCCC)(CCCCCCC)O[Si](CCCCCCC)(CCCCCCC)O1.